The van der Waals surface area contributed by atoms with E-state index >= 15 is 0 Å². The number of nitrogens with zero attached hydrogens (tertiary/aromatic N) is 3. The molecule has 1 atom stereocenters. The van der Waals surface area contributed by atoms with Crippen LogP contribution in [0.4, 0.5) is 0 Å². The van der Waals surface area contributed by atoms with E-state index in [0.717, 1.165) is 17.1 Å². The summed E-state index contributed by atoms with van der Waals surface area (Å²) < 4.78 is 23.4. The third-order valence-electron chi connectivity index (χ3n) is 4.50. The summed E-state index contributed by atoms with van der Waals surface area (Å²) in [5.41, 5.74) is 2.07. The summed E-state index contributed by atoms with van der Waals surface area (Å²) in [6, 6.07) is 7.54. The van der Waals surface area contributed by atoms with Crippen LogP contribution < -0.4 is 4.74 Å². The summed E-state index contributed by atoms with van der Waals surface area (Å²) >= 11 is 0. The number of hydrogen-bond donors (Lipinski definition) is 0. The minimum absolute atomic E-state index is 0.0159. The number of carbonyl (C=O) groups is 1. The molecule has 0 bridgehead atoms. The minimum Gasteiger partial charge on any atom is -0.497 e. The van der Waals surface area contributed by atoms with Gasteiger partial charge in [-0.2, -0.15) is 5.10 Å². The SMILES string of the molecule is CCOC(=O)c1cnn(-c2ccc(OC)cc2)c1CN(C)CC1COCCO1. The molecule has 28 heavy (non-hydrogen) atoms. The van der Waals surface area contributed by atoms with Gasteiger partial charge in [0.15, 0.2) is 0 Å². The number of hydrogen-bond acceptors (Lipinski definition) is 7. The molecule has 2 heterocycles. The van der Waals surface area contributed by atoms with Crippen molar-refractivity contribution in [2.24, 2.45) is 0 Å². The summed E-state index contributed by atoms with van der Waals surface area (Å²) in [6.45, 7) is 5.13. The van der Waals surface area contributed by atoms with Crippen LogP contribution in [-0.2, 0) is 20.8 Å². The van der Waals surface area contributed by atoms with Crippen molar-refractivity contribution >= 4 is 5.97 Å². The van der Waals surface area contributed by atoms with Crippen LogP contribution in [0, 0.1) is 0 Å². The van der Waals surface area contributed by atoms with Gasteiger partial charge in [0.05, 0.1) is 57.2 Å². The Balaban J connectivity index is 1.84. The van der Waals surface area contributed by atoms with E-state index in [0.29, 0.717) is 45.1 Å². The number of methoxy groups -OCH3 is 1. The number of ether oxygens (including phenoxy) is 4. The molecule has 0 aliphatic carbocycles. The fourth-order valence-corrected chi connectivity index (χ4v) is 3.16. The summed E-state index contributed by atoms with van der Waals surface area (Å²) in [6.07, 6.45) is 1.58. The molecule has 0 saturated carbocycles. The predicted octanol–water partition coefficient (Wildman–Crippen LogP) is 1.90. The quantitative estimate of drug-likeness (QED) is 0.639. The number of esters is 1. The molecule has 1 saturated heterocycles. The highest BCUT2D eigenvalue weighted by Crippen LogP contribution is 2.20. The van der Waals surface area contributed by atoms with Gasteiger partial charge < -0.3 is 18.9 Å². The number of carbonyl (C=O) groups excluding carboxylic acids is 1. The normalized spacial score (nSPS) is 16.9. The Kier molecular flexibility index (Phi) is 7.02. The second kappa shape index (κ2) is 9.68. The maximum Gasteiger partial charge on any atom is 0.341 e. The van der Waals surface area contributed by atoms with Crippen molar-refractivity contribution in [1.29, 1.82) is 0 Å². The lowest BCUT2D eigenvalue weighted by Gasteiger charge is -2.27. The molecule has 1 aliphatic heterocycles. The average molecular weight is 389 g/mol. The van der Waals surface area contributed by atoms with Crippen LogP contribution in [0.25, 0.3) is 5.69 Å². The first-order valence-corrected chi connectivity index (χ1v) is 9.38. The Bertz CT molecular complexity index is 769. The Labute approximate surface area is 164 Å². The maximum atomic E-state index is 12.4. The Morgan fingerprint density at radius 2 is 2.11 bits per heavy atom. The molecule has 2 aromatic rings. The van der Waals surface area contributed by atoms with Gasteiger partial charge in [-0.1, -0.05) is 0 Å². The van der Waals surface area contributed by atoms with Crippen LogP contribution in [0.5, 0.6) is 5.75 Å². The zero-order chi connectivity index (χ0) is 19.9. The molecule has 0 N–H and O–H groups in total. The van der Waals surface area contributed by atoms with Gasteiger partial charge in [0.1, 0.15) is 11.3 Å². The molecule has 0 spiro atoms. The second-order valence-corrected chi connectivity index (χ2v) is 6.60. The summed E-state index contributed by atoms with van der Waals surface area (Å²) in [7, 11) is 3.61. The smallest absolute Gasteiger partial charge is 0.341 e. The molecule has 3 rings (SSSR count). The summed E-state index contributed by atoms with van der Waals surface area (Å²) in [5, 5.41) is 4.44. The highest BCUT2D eigenvalue weighted by Gasteiger charge is 2.23. The van der Waals surface area contributed by atoms with Gasteiger partial charge in [-0.15, -0.1) is 0 Å². The molecule has 8 nitrogen and oxygen atoms in total. The zero-order valence-corrected chi connectivity index (χ0v) is 16.6. The van der Waals surface area contributed by atoms with E-state index in [1.54, 1.807) is 24.9 Å². The standard InChI is InChI=1S/C20H27N3O5/c1-4-27-20(24)18-11-21-23(15-5-7-16(25-3)8-6-15)19(18)13-22(2)12-17-14-26-9-10-28-17/h5-8,11,17H,4,9-10,12-14H2,1-3H3. The lowest BCUT2D eigenvalue weighted by atomic mass is 10.2. The van der Waals surface area contributed by atoms with Crippen molar-refractivity contribution in [2.45, 2.75) is 19.6 Å². The van der Waals surface area contributed by atoms with Gasteiger partial charge in [0, 0.05) is 13.1 Å². The van der Waals surface area contributed by atoms with Crippen molar-refractivity contribution in [1.82, 2.24) is 14.7 Å². The molecule has 0 amide bonds. The second-order valence-electron chi connectivity index (χ2n) is 6.60. The van der Waals surface area contributed by atoms with E-state index in [1.165, 1.54) is 0 Å². The highest BCUT2D eigenvalue weighted by molar-refractivity contribution is 5.90. The van der Waals surface area contributed by atoms with Crippen LogP contribution in [0.1, 0.15) is 23.0 Å². The van der Waals surface area contributed by atoms with E-state index in [1.807, 2.05) is 31.3 Å². The lowest BCUT2D eigenvalue weighted by molar-refractivity contribution is -0.0963. The van der Waals surface area contributed by atoms with Crippen molar-refractivity contribution in [3.8, 4) is 11.4 Å². The van der Waals surface area contributed by atoms with Crippen LogP contribution in [0.2, 0.25) is 0 Å². The molecule has 1 aliphatic rings. The van der Waals surface area contributed by atoms with E-state index in [-0.39, 0.29) is 12.1 Å². The number of likely N-dealkylation sites (N-methyl/N-ethyl adjacent to an activating group) is 1. The maximum absolute atomic E-state index is 12.4. The molecule has 1 unspecified atom stereocenters. The monoisotopic (exact) mass is 389 g/mol. The Hall–Kier alpha value is -2.42. The third kappa shape index (κ3) is 4.89. The largest absolute Gasteiger partial charge is 0.497 e. The molecule has 8 heteroatoms. The summed E-state index contributed by atoms with van der Waals surface area (Å²) in [5.74, 6) is 0.387. The van der Waals surface area contributed by atoms with Crippen LogP contribution >= 0.6 is 0 Å². The van der Waals surface area contributed by atoms with Gasteiger partial charge in [0.2, 0.25) is 0 Å². The summed E-state index contributed by atoms with van der Waals surface area (Å²) in [4.78, 5) is 14.5. The lowest BCUT2D eigenvalue weighted by Crippen LogP contribution is -2.38. The average Bonchev–Trinajstić information content (AvgIpc) is 3.12. The fraction of sp³-hybridized carbons (Fsp3) is 0.500. The molecular formula is C20H27N3O5. The highest BCUT2D eigenvalue weighted by atomic mass is 16.6. The molecule has 1 aromatic heterocycles. The molecular weight excluding hydrogens is 362 g/mol. The van der Waals surface area contributed by atoms with Gasteiger partial charge in [-0.05, 0) is 38.2 Å². The first-order chi connectivity index (χ1) is 13.6. The van der Waals surface area contributed by atoms with E-state index in [4.69, 9.17) is 18.9 Å². The number of benzene rings is 1. The van der Waals surface area contributed by atoms with Crippen LogP contribution in [0.15, 0.2) is 30.5 Å². The zero-order valence-electron chi connectivity index (χ0n) is 16.6. The van der Waals surface area contributed by atoms with Gasteiger partial charge >= 0.3 is 5.97 Å². The Morgan fingerprint density at radius 1 is 1.32 bits per heavy atom. The first kappa shape index (κ1) is 20.3. The van der Waals surface area contributed by atoms with E-state index < -0.39 is 0 Å². The van der Waals surface area contributed by atoms with Crippen molar-refractivity contribution in [3.63, 3.8) is 0 Å². The van der Waals surface area contributed by atoms with Crippen LogP contribution in [0.3, 0.4) is 0 Å². The first-order valence-electron chi connectivity index (χ1n) is 9.38. The van der Waals surface area contributed by atoms with Crippen molar-refractivity contribution < 1.29 is 23.7 Å². The molecule has 0 radical (unpaired) electrons. The third-order valence-corrected chi connectivity index (χ3v) is 4.50. The molecule has 152 valence electrons. The van der Waals surface area contributed by atoms with Crippen LogP contribution in [-0.4, -0.2) is 73.9 Å². The van der Waals surface area contributed by atoms with E-state index in [9.17, 15) is 4.79 Å². The van der Waals surface area contributed by atoms with Gasteiger partial charge in [0.25, 0.3) is 0 Å². The Morgan fingerprint density at radius 3 is 2.75 bits per heavy atom. The fourth-order valence-electron chi connectivity index (χ4n) is 3.16. The minimum atomic E-state index is -0.372. The van der Waals surface area contributed by atoms with Gasteiger partial charge in [-0.3, -0.25) is 4.90 Å². The number of aromatic nitrogens is 2. The predicted molar refractivity (Wildman–Crippen MR) is 103 cm³/mol. The number of rotatable bonds is 8. The van der Waals surface area contributed by atoms with Crippen molar-refractivity contribution in [2.75, 3.05) is 47.1 Å². The molecule has 1 aromatic carbocycles. The van der Waals surface area contributed by atoms with Gasteiger partial charge in [-0.25, -0.2) is 9.48 Å². The van der Waals surface area contributed by atoms with Crippen molar-refractivity contribution in [3.05, 3.63) is 41.7 Å². The van der Waals surface area contributed by atoms with E-state index in [2.05, 4.69) is 10.00 Å². The topological polar surface area (TPSA) is 75.0 Å². The molecule has 1 fully saturated rings.